The number of nitrogens with zero attached hydrogens (tertiary/aromatic N) is 2. The number of hydrogen-bond acceptors (Lipinski definition) is 5. The van der Waals surface area contributed by atoms with E-state index in [1.807, 2.05) is 24.4 Å². The molecule has 0 radical (unpaired) electrons. The Bertz CT molecular complexity index is 678. The van der Waals surface area contributed by atoms with E-state index in [1.54, 1.807) is 13.3 Å². The van der Waals surface area contributed by atoms with Crippen LogP contribution in [0, 0.1) is 5.92 Å². The molecule has 2 aromatic rings. The Kier molecular flexibility index (Phi) is 6.86. The lowest BCUT2D eigenvalue weighted by atomic mass is 10.1. The van der Waals surface area contributed by atoms with Gasteiger partial charge < -0.3 is 19.7 Å². The van der Waals surface area contributed by atoms with Gasteiger partial charge >= 0.3 is 0 Å². The van der Waals surface area contributed by atoms with Crippen molar-refractivity contribution < 1.29 is 9.47 Å². The third-order valence-corrected chi connectivity index (χ3v) is 4.92. The summed E-state index contributed by atoms with van der Waals surface area (Å²) in [6.07, 6.45) is 4.88. The standard InChI is InChI=1S/C21H29N3O2/c1-3-24-10-8-18(15-24)13-23-12-17-6-7-20(25-2)21(11-17)26-16-19-5-4-9-22-14-19/h4-7,9,11,14,18,23H,3,8,10,12-13,15-16H2,1-2H3. The highest BCUT2D eigenvalue weighted by Gasteiger charge is 2.20. The van der Waals surface area contributed by atoms with Crippen molar-refractivity contribution in [3.63, 3.8) is 0 Å². The predicted molar refractivity (Wildman–Crippen MR) is 103 cm³/mol. The molecule has 0 amide bonds. The van der Waals surface area contributed by atoms with Crippen molar-refractivity contribution in [2.75, 3.05) is 33.3 Å². The van der Waals surface area contributed by atoms with Gasteiger partial charge in [0.25, 0.3) is 0 Å². The van der Waals surface area contributed by atoms with Gasteiger partial charge in [-0.15, -0.1) is 0 Å². The van der Waals surface area contributed by atoms with Gasteiger partial charge in [-0.3, -0.25) is 4.98 Å². The van der Waals surface area contributed by atoms with Gasteiger partial charge in [0.05, 0.1) is 7.11 Å². The van der Waals surface area contributed by atoms with Crippen molar-refractivity contribution in [3.8, 4) is 11.5 Å². The van der Waals surface area contributed by atoms with Gasteiger partial charge in [0.2, 0.25) is 0 Å². The van der Waals surface area contributed by atoms with E-state index in [1.165, 1.54) is 25.1 Å². The zero-order valence-corrected chi connectivity index (χ0v) is 15.8. The first kappa shape index (κ1) is 18.7. The van der Waals surface area contributed by atoms with Crippen LogP contribution < -0.4 is 14.8 Å². The topological polar surface area (TPSA) is 46.6 Å². The molecule has 26 heavy (non-hydrogen) atoms. The molecule has 5 nitrogen and oxygen atoms in total. The van der Waals surface area contributed by atoms with Gasteiger partial charge in [-0.1, -0.05) is 19.1 Å². The number of hydrogen-bond donors (Lipinski definition) is 1. The molecule has 0 spiro atoms. The normalized spacial score (nSPS) is 17.4. The van der Waals surface area contributed by atoms with E-state index in [0.717, 1.165) is 42.6 Å². The number of pyridine rings is 1. The van der Waals surface area contributed by atoms with E-state index in [4.69, 9.17) is 9.47 Å². The average molecular weight is 355 g/mol. The molecule has 1 atom stereocenters. The maximum Gasteiger partial charge on any atom is 0.161 e. The van der Waals surface area contributed by atoms with Crippen molar-refractivity contribution in [1.29, 1.82) is 0 Å². The smallest absolute Gasteiger partial charge is 0.161 e. The fourth-order valence-electron chi connectivity index (χ4n) is 3.38. The molecule has 3 rings (SSSR count). The summed E-state index contributed by atoms with van der Waals surface area (Å²) in [6.45, 7) is 8.23. The minimum absolute atomic E-state index is 0.482. The molecule has 5 heteroatoms. The van der Waals surface area contributed by atoms with Crippen LogP contribution >= 0.6 is 0 Å². The first-order valence-electron chi connectivity index (χ1n) is 9.40. The Morgan fingerprint density at radius 1 is 1.23 bits per heavy atom. The van der Waals surface area contributed by atoms with Crippen LogP contribution in [0.15, 0.2) is 42.7 Å². The van der Waals surface area contributed by atoms with Crippen molar-refractivity contribution in [1.82, 2.24) is 15.2 Å². The molecule has 1 fully saturated rings. The lowest BCUT2D eigenvalue weighted by molar-refractivity contribution is 0.283. The summed E-state index contributed by atoms with van der Waals surface area (Å²) in [5.41, 5.74) is 2.25. The van der Waals surface area contributed by atoms with Crippen LogP contribution in [0.5, 0.6) is 11.5 Å². The van der Waals surface area contributed by atoms with Gasteiger partial charge in [-0.05, 0) is 55.7 Å². The second-order valence-corrected chi connectivity index (χ2v) is 6.81. The van der Waals surface area contributed by atoms with Gasteiger partial charge in [0.15, 0.2) is 11.5 Å². The fraction of sp³-hybridized carbons (Fsp3) is 0.476. The van der Waals surface area contributed by atoms with Crippen LogP contribution in [0.1, 0.15) is 24.5 Å². The molecular weight excluding hydrogens is 326 g/mol. The maximum absolute atomic E-state index is 5.96. The summed E-state index contributed by atoms with van der Waals surface area (Å²) in [6, 6.07) is 10.1. The minimum Gasteiger partial charge on any atom is -0.493 e. The molecular formula is C21H29N3O2. The molecule has 0 bridgehead atoms. The highest BCUT2D eigenvalue weighted by Crippen LogP contribution is 2.29. The quantitative estimate of drug-likeness (QED) is 0.749. The van der Waals surface area contributed by atoms with Gasteiger partial charge in [-0.2, -0.15) is 0 Å². The molecule has 1 aromatic carbocycles. The largest absolute Gasteiger partial charge is 0.493 e. The lowest BCUT2D eigenvalue weighted by Crippen LogP contribution is -2.26. The minimum atomic E-state index is 0.482. The monoisotopic (exact) mass is 355 g/mol. The van der Waals surface area contributed by atoms with E-state index >= 15 is 0 Å². The first-order valence-corrected chi connectivity index (χ1v) is 9.40. The van der Waals surface area contributed by atoms with E-state index < -0.39 is 0 Å². The van der Waals surface area contributed by atoms with Crippen molar-refractivity contribution in [2.24, 2.45) is 5.92 Å². The van der Waals surface area contributed by atoms with Gasteiger partial charge in [0, 0.05) is 31.0 Å². The Morgan fingerprint density at radius 2 is 2.15 bits per heavy atom. The van der Waals surface area contributed by atoms with E-state index in [0.29, 0.717) is 6.61 Å². The van der Waals surface area contributed by atoms with E-state index in [-0.39, 0.29) is 0 Å². The second kappa shape index (κ2) is 9.55. The lowest BCUT2D eigenvalue weighted by Gasteiger charge is -2.15. The zero-order valence-electron chi connectivity index (χ0n) is 15.8. The Balaban J connectivity index is 1.53. The average Bonchev–Trinajstić information content (AvgIpc) is 3.15. The predicted octanol–water partition coefficient (Wildman–Crippen LogP) is 3.10. The molecule has 1 saturated heterocycles. The Labute approximate surface area is 156 Å². The number of benzene rings is 1. The second-order valence-electron chi connectivity index (χ2n) is 6.81. The van der Waals surface area contributed by atoms with E-state index in [2.05, 4.69) is 34.3 Å². The molecule has 0 aliphatic carbocycles. The van der Waals surface area contributed by atoms with Gasteiger partial charge in [-0.25, -0.2) is 0 Å². The summed E-state index contributed by atoms with van der Waals surface area (Å²) in [4.78, 5) is 6.64. The van der Waals surface area contributed by atoms with Gasteiger partial charge in [0.1, 0.15) is 6.61 Å². The molecule has 0 saturated carbocycles. The highest BCUT2D eigenvalue weighted by molar-refractivity contribution is 5.43. The summed E-state index contributed by atoms with van der Waals surface area (Å²) in [5, 5.41) is 3.59. The number of methoxy groups -OCH3 is 1. The molecule has 1 N–H and O–H groups in total. The van der Waals surface area contributed by atoms with Crippen LogP contribution in [0.4, 0.5) is 0 Å². The van der Waals surface area contributed by atoms with Crippen LogP contribution in [0.25, 0.3) is 0 Å². The SMILES string of the molecule is CCN1CCC(CNCc2ccc(OC)c(OCc3cccnc3)c2)C1. The fourth-order valence-corrected chi connectivity index (χ4v) is 3.38. The van der Waals surface area contributed by atoms with Crippen LogP contribution in [-0.4, -0.2) is 43.2 Å². The summed E-state index contributed by atoms with van der Waals surface area (Å²) >= 11 is 0. The number of rotatable bonds is 9. The number of aromatic nitrogens is 1. The van der Waals surface area contributed by atoms with E-state index in [9.17, 15) is 0 Å². The summed E-state index contributed by atoms with van der Waals surface area (Å²) in [5.74, 6) is 2.29. The van der Waals surface area contributed by atoms with Crippen LogP contribution in [-0.2, 0) is 13.2 Å². The van der Waals surface area contributed by atoms with Crippen LogP contribution in [0.2, 0.25) is 0 Å². The van der Waals surface area contributed by atoms with Crippen molar-refractivity contribution in [2.45, 2.75) is 26.5 Å². The van der Waals surface area contributed by atoms with Crippen molar-refractivity contribution >= 4 is 0 Å². The number of ether oxygens (including phenoxy) is 2. The summed E-state index contributed by atoms with van der Waals surface area (Å²) < 4.78 is 11.4. The molecule has 1 aliphatic rings. The Hall–Kier alpha value is -2.11. The molecule has 1 aromatic heterocycles. The number of likely N-dealkylation sites (tertiary alicyclic amines) is 1. The highest BCUT2D eigenvalue weighted by atomic mass is 16.5. The number of nitrogens with one attached hydrogen (secondary N) is 1. The molecule has 140 valence electrons. The van der Waals surface area contributed by atoms with Crippen LogP contribution in [0.3, 0.4) is 0 Å². The Morgan fingerprint density at radius 3 is 2.88 bits per heavy atom. The zero-order chi connectivity index (χ0) is 18.2. The third-order valence-electron chi connectivity index (χ3n) is 4.92. The van der Waals surface area contributed by atoms with Crippen molar-refractivity contribution in [3.05, 3.63) is 53.9 Å². The molecule has 1 aliphatic heterocycles. The third kappa shape index (κ3) is 5.19. The molecule has 2 heterocycles. The molecule has 1 unspecified atom stereocenters. The maximum atomic E-state index is 5.96. The first-order chi connectivity index (χ1) is 12.8. The summed E-state index contributed by atoms with van der Waals surface area (Å²) in [7, 11) is 1.67.